The van der Waals surface area contributed by atoms with Gasteiger partial charge in [-0.1, -0.05) is 39.0 Å². The number of rotatable bonds is 5. The van der Waals surface area contributed by atoms with Crippen LogP contribution in [0.4, 0.5) is 0 Å². The monoisotopic (exact) mass is 277 g/mol. The minimum Gasteiger partial charge on any atom is -0.479 e. The summed E-state index contributed by atoms with van der Waals surface area (Å²) in [4.78, 5) is 23.5. The fourth-order valence-corrected chi connectivity index (χ4v) is 1.81. The number of hydrogen-bond donors (Lipinski definition) is 2. The average molecular weight is 277 g/mol. The highest BCUT2D eigenvalue weighted by Gasteiger charge is 2.25. The summed E-state index contributed by atoms with van der Waals surface area (Å²) in [5.74, 6) is -1.32. The number of amides is 1. The summed E-state index contributed by atoms with van der Waals surface area (Å²) in [7, 11) is 0. The summed E-state index contributed by atoms with van der Waals surface area (Å²) in [5, 5.41) is 12.0. The highest BCUT2D eigenvalue weighted by atomic mass is 16.4. The zero-order valence-corrected chi connectivity index (χ0v) is 12.7. The maximum atomic E-state index is 12.1. The molecular formula is C16H23NO3. The van der Waals surface area contributed by atoms with Crippen molar-refractivity contribution in [2.75, 3.05) is 0 Å². The molecule has 0 radical (unpaired) electrons. The molecule has 0 spiro atoms. The van der Waals surface area contributed by atoms with Crippen molar-refractivity contribution in [3.8, 4) is 0 Å². The number of carboxylic acids is 1. The highest BCUT2D eigenvalue weighted by Crippen LogP contribution is 2.19. The zero-order chi connectivity index (χ0) is 15.4. The number of carbonyl (C=O) groups excluding carboxylic acids is 1. The van der Waals surface area contributed by atoms with Crippen LogP contribution in [-0.4, -0.2) is 17.0 Å². The third-order valence-corrected chi connectivity index (χ3v) is 3.81. The molecule has 4 heteroatoms. The Balaban J connectivity index is 2.98. The second-order valence-corrected chi connectivity index (χ2v) is 5.66. The Morgan fingerprint density at radius 3 is 2.15 bits per heavy atom. The van der Waals surface area contributed by atoms with Crippen LogP contribution >= 0.6 is 0 Å². The van der Waals surface area contributed by atoms with Gasteiger partial charge in [-0.15, -0.1) is 0 Å². The van der Waals surface area contributed by atoms with Crippen molar-refractivity contribution < 1.29 is 14.7 Å². The first-order valence-electron chi connectivity index (χ1n) is 6.84. The van der Waals surface area contributed by atoms with Gasteiger partial charge in [0.15, 0.2) is 6.04 Å². The fourth-order valence-electron chi connectivity index (χ4n) is 1.81. The minimum absolute atomic E-state index is 0.171. The molecule has 0 heterocycles. The lowest BCUT2D eigenvalue weighted by molar-refractivity contribution is -0.142. The van der Waals surface area contributed by atoms with E-state index in [-0.39, 0.29) is 17.7 Å². The largest absolute Gasteiger partial charge is 0.479 e. The molecule has 0 saturated heterocycles. The lowest BCUT2D eigenvalue weighted by Gasteiger charge is -2.20. The smallest absolute Gasteiger partial charge is 0.330 e. The van der Waals surface area contributed by atoms with Crippen molar-refractivity contribution in [3.63, 3.8) is 0 Å². The maximum Gasteiger partial charge on any atom is 0.330 e. The third-order valence-electron chi connectivity index (χ3n) is 3.81. The van der Waals surface area contributed by atoms with Gasteiger partial charge in [0.05, 0.1) is 0 Å². The van der Waals surface area contributed by atoms with E-state index in [1.54, 1.807) is 13.0 Å². The number of benzene rings is 1. The zero-order valence-electron chi connectivity index (χ0n) is 12.7. The second-order valence-electron chi connectivity index (χ2n) is 5.66. The average Bonchev–Trinajstić information content (AvgIpc) is 2.37. The first-order valence-corrected chi connectivity index (χ1v) is 6.84. The number of carboxylic acid groups (broad SMARTS) is 1. The van der Waals surface area contributed by atoms with Crippen LogP contribution < -0.4 is 5.32 Å². The Labute approximate surface area is 120 Å². The Morgan fingerprint density at radius 2 is 1.70 bits per heavy atom. The second kappa shape index (κ2) is 6.55. The van der Waals surface area contributed by atoms with Gasteiger partial charge in [0.1, 0.15) is 0 Å². The molecule has 0 aromatic heterocycles. The lowest BCUT2D eigenvalue weighted by atomic mass is 9.95. The van der Waals surface area contributed by atoms with E-state index < -0.39 is 12.0 Å². The van der Waals surface area contributed by atoms with Gasteiger partial charge >= 0.3 is 5.97 Å². The van der Waals surface area contributed by atoms with Gasteiger partial charge in [-0.25, -0.2) is 4.79 Å². The minimum atomic E-state index is -1.04. The summed E-state index contributed by atoms with van der Waals surface area (Å²) in [6.07, 6.45) is 0. The van der Waals surface area contributed by atoms with Crippen LogP contribution in [0.25, 0.3) is 0 Å². The molecule has 2 atom stereocenters. The fraction of sp³-hybridized carbons (Fsp3) is 0.500. The number of nitrogens with one attached hydrogen (secondary N) is 1. The highest BCUT2D eigenvalue weighted by molar-refractivity contribution is 5.85. The molecule has 1 rings (SSSR count). The van der Waals surface area contributed by atoms with E-state index in [9.17, 15) is 14.7 Å². The van der Waals surface area contributed by atoms with Crippen LogP contribution in [0, 0.1) is 25.7 Å². The molecule has 2 unspecified atom stereocenters. The van der Waals surface area contributed by atoms with Crippen molar-refractivity contribution in [3.05, 3.63) is 34.9 Å². The van der Waals surface area contributed by atoms with Gasteiger partial charge in [0.25, 0.3) is 0 Å². The van der Waals surface area contributed by atoms with E-state index >= 15 is 0 Å². The van der Waals surface area contributed by atoms with Crippen molar-refractivity contribution >= 4 is 11.9 Å². The molecule has 1 aromatic rings. The summed E-state index contributed by atoms with van der Waals surface area (Å²) in [5.41, 5.74) is 2.71. The standard InChI is InChI=1S/C16H23NO3/c1-9(2)12(5)15(18)17-14(16(19)20)13-7-6-10(3)11(4)8-13/h6-9,12,14H,1-5H3,(H,17,18)(H,19,20). The van der Waals surface area contributed by atoms with Crippen LogP contribution in [-0.2, 0) is 9.59 Å². The SMILES string of the molecule is Cc1ccc(C(NC(=O)C(C)C(C)C)C(=O)O)cc1C. The van der Waals surface area contributed by atoms with Crippen molar-refractivity contribution in [2.24, 2.45) is 11.8 Å². The van der Waals surface area contributed by atoms with Gasteiger partial charge < -0.3 is 10.4 Å². The summed E-state index contributed by atoms with van der Waals surface area (Å²) in [6.45, 7) is 9.58. The van der Waals surface area contributed by atoms with Gasteiger partial charge in [0, 0.05) is 5.92 Å². The predicted octanol–water partition coefficient (Wildman–Crippen LogP) is 2.84. The van der Waals surface area contributed by atoms with E-state index in [1.165, 1.54) is 0 Å². The summed E-state index contributed by atoms with van der Waals surface area (Å²) < 4.78 is 0. The molecular weight excluding hydrogens is 254 g/mol. The molecule has 0 aliphatic rings. The first kappa shape index (κ1) is 16.2. The summed E-state index contributed by atoms with van der Waals surface area (Å²) >= 11 is 0. The van der Waals surface area contributed by atoms with Crippen molar-refractivity contribution in [1.82, 2.24) is 5.32 Å². The number of hydrogen-bond acceptors (Lipinski definition) is 2. The van der Waals surface area contributed by atoms with Crippen LogP contribution in [0.15, 0.2) is 18.2 Å². The quantitative estimate of drug-likeness (QED) is 0.869. The van der Waals surface area contributed by atoms with Crippen LogP contribution in [0.5, 0.6) is 0 Å². The van der Waals surface area contributed by atoms with Crippen LogP contribution in [0.3, 0.4) is 0 Å². The Bertz CT molecular complexity index is 508. The van der Waals surface area contributed by atoms with Crippen molar-refractivity contribution in [1.29, 1.82) is 0 Å². The molecule has 0 fully saturated rings. The summed E-state index contributed by atoms with van der Waals surface area (Å²) in [6, 6.07) is 4.44. The Morgan fingerprint density at radius 1 is 1.10 bits per heavy atom. The van der Waals surface area contributed by atoms with E-state index in [4.69, 9.17) is 0 Å². The predicted molar refractivity (Wildman–Crippen MR) is 78.4 cm³/mol. The topological polar surface area (TPSA) is 66.4 Å². The Hall–Kier alpha value is -1.84. The number of aliphatic carboxylic acids is 1. The molecule has 1 aromatic carbocycles. The molecule has 0 saturated carbocycles. The van der Waals surface area contributed by atoms with E-state index in [0.29, 0.717) is 5.56 Å². The van der Waals surface area contributed by atoms with Crippen LogP contribution in [0.2, 0.25) is 0 Å². The van der Waals surface area contributed by atoms with Gasteiger partial charge in [-0.2, -0.15) is 0 Å². The molecule has 0 aliphatic carbocycles. The third kappa shape index (κ3) is 3.83. The number of carbonyl (C=O) groups is 2. The lowest BCUT2D eigenvalue weighted by Crippen LogP contribution is -2.38. The molecule has 20 heavy (non-hydrogen) atoms. The normalized spacial score (nSPS) is 13.9. The van der Waals surface area contributed by atoms with E-state index in [1.807, 2.05) is 39.8 Å². The van der Waals surface area contributed by atoms with E-state index in [2.05, 4.69) is 5.32 Å². The van der Waals surface area contributed by atoms with E-state index in [0.717, 1.165) is 11.1 Å². The van der Waals surface area contributed by atoms with Gasteiger partial charge in [-0.3, -0.25) is 4.79 Å². The Kier molecular flexibility index (Phi) is 5.31. The molecule has 4 nitrogen and oxygen atoms in total. The maximum absolute atomic E-state index is 12.1. The molecule has 110 valence electrons. The molecule has 0 bridgehead atoms. The first-order chi connectivity index (χ1) is 9.23. The molecule has 2 N–H and O–H groups in total. The van der Waals surface area contributed by atoms with Gasteiger partial charge in [0.2, 0.25) is 5.91 Å². The van der Waals surface area contributed by atoms with Crippen LogP contribution in [0.1, 0.15) is 43.5 Å². The van der Waals surface area contributed by atoms with Crippen molar-refractivity contribution in [2.45, 2.75) is 40.7 Å². The number of aryl methyl sites for hydroxylation is 2. The van der Waals surface area contributed by atoms with Gasteiger partial charge in [-0.05, 0) is 36.5 Å². The molecule has 1 amide bonds. The molecule has 0 aliphatic heterocycles.